The van der Waals surface area contributed by atoms with Crippen LogP contribution in [0, 0.1) is 13.8 Å². The van der Waals surface area contributed by atoms with Crippen molar-refractivity contribution in [3.8, 4) is 0 Å². The van der Waals surface area contributed by atoms with Crippen LogP contribution in [0.4, 0.5) is 11.5 Å². The Balaban J connectivity index is 2.24. The predicted octanol–water partition coefficient (Wildman–Crippen LogP) is 3.17. The SMILES string of the molecule is CCCNc1cc(C)ncc1C(=O)Nc1ncccc1C. The second-order valence-electron chi connectivity index (χ2n) is 4.92. The maximum absolute atomic E-state index is 12.4. The molecule has 0 atom stereocenters. The Morgan fingerprint density at radius 1 is 1.29 bits per heavy atom. The molecule has 0 saturated heterocycles. The molecule has 5 heteroatoms. The van der Waals surface area contributed by atoms with Gasteiger partial charge >= 0.3 is 0 Å². The largest absolute Gasteiger partial charge is 0.384 e. The smallest absolute Gasteiger partial charge is 0.260 e. The summed E-state index contributed by atoms with van der Waals surface area (Å²) < 4.78 is 0. The van der Waals surface area contributed by atoms with Gasteiger partial charge < -0.3 is 10.6 Å². The summed E-state index contributed by atoms with van der Waals surface area (Å²) in [4.78, 5) is 20.8. The zero-order valence-electron chi connectivity index (χ0n) is 12.6. The number of aryl methyl sites for hydroxylation is 2. The van der Waals surface area contributed by atoms with Crippen LogP contribution in [0.3, 0.4) is 0 Å². The van der Waals surface area contributed by atoms with Gasteiger partial charge in [0, 0.05) is 24.6 Å². The summed E-state index contributed by atoms with van der Waals surface area (Å²) in [5.74, 6) is 0.368. The molecule has 0 aliphatic carbocycles. The van der Waals surface area contributed by atoms with Gasteiger partial charge in [-0.25, -0.2) is 4.98 Å². The summed E-state index contributed by atoms with van der Waals surface area (Å²) in [6.45, 7) is 6.71. The van der Waals surface area contributed by atoms with Crippen molar-refractivity contribution < 1.29 is 4.79 Å². The lowest BCUT2D eigenvalue weighted by molar-refractivity contribution is 0.102. The monoisotopic (exact) mass is 284 g/mol. The fourth-order valence-electron chi connectivity index (χ4n) is 1.94. The van der Waals surface area contributed by atoms with E-state index in [-0.39, 0.29) is 5.91 Å². The lowest BCUT2D eigenvalue weighted by Crippen LogP contribution is -2.17. The highest BCUT2D eigenvalue weighted by atomic mass is 16.1. The van der Waals surface area contributed by atoms with Crippen molar-refractivity contribution in [3.63, 3.8) is 0 Å². The van der Waals surface area contributed by atoms with Crippen LogP contribution in [0.15, 0.2) is 30.6 Å². The second kappa shape index (κ2) is 6.83. The standard InChI is InChI=1S/C16H20N4O/c1-4-7-17-14-9-12(3)19-10-13(14)16(21)20-15-11(2)6-5-8-18-15/h5-6,8-10H,4,7H2,1-3H3,(H,17,19)(H,18,20,21). The molecule has 2 rings (SSSR count). The minimum atomic E-state index is -0.206. The number of aromatic nitrogens is 2. The van der Waals surface area contributed by atoms with Gasteiger partial charge in [0.25, 0.3) is 5.91 Å². The Kier molecular flexibility index (Phi) is 4.87. The van der Waals surface area contributed by atoms with Crippen LogP contribution in [0.1, 0.15) is 35.0 Å². The summed E-state index contributed by atoms with van der Waals surface area (Å²) in [5, 5.41) is 6.10. The molecule has 0 spiro atoms. The number of amides is 1. The second-order valence-corrected chi connectivity index (χ2v) is 4.92. The average Bonchev–Trinajstić information content (AvgIpc) is 2.47. The number of nitrogens with zero attached hydrogens (tertiary/aromatic N) is 2. The molecule has 0 radical (unpaired) electrons. The van der Waals surface area contributed by atoms with Gasteiger partial charge in [-0.05, 0) is 38.0 Å². The number of carbonyl (C=O) groups is 1. The van der Waals surface area contributed by atoms with Crippen LogP contribution in [0.25, 0.3) is 0 Å². The maximum atomic E-state index is 12.4. The van der Waals surface area contributed by atoms with E-state index in [1.54, 1.807) is 12.4 Å². The van der Waals surface area contributed by atoms with E-state index >= 15 is 0 Å². The van der Waals surface area contributed by atoms with Crippen molar-refractivity contribution in [2.75, 3.05) is 17.2 Å². The number of anilines is 2. The molecule has 0 aliphatic heterocycles. The molecule has 2 aromatic heterocycles. The highest BCUT2D eigenvalue weighted by Gasteiger charge is 2.13. The molecule has 0 fully saturated rings. The number of hydrogen-bond donors (Lipinski definition) is 2. The van der Waals surface area contributed by atoms with Crippen LogP contribution in [0.5, 0.6) is 0 Å². The molecule has 0 aliphatic rings. The van der Waals surface area contributed by atoms with E-state index in [1.165, 1.54) is 0 Å². The molecular formula is C16H20N4O. The molecule has 21 heavy (non-hydrogen) atoms. The summed E-state index contributed by atoms with van der Waals surface area (Å²) in [7, 11) is 0. The third-order valence-electron chi connectivity index (χ3n) is 3.09. The molecule has 110 valence electrons. The number of hydrogen-bond acceptors (Lipinski definition) is 4. The molecular weight excluding hydrogens is 264 g/mol. The average molecular weight is 284 g/mol. The highest BCUT2D eigenvalue weighted by Crippen LogP contribution is 2.18. The van der Waals surface area contributed by atoms with E-state index in [0.717, 1.165) is 29.9 Å². The van der Waals surface area contributed by atoms with E-state index in [1.807, 2.05) is 32.0 Å². The summed E-state index contributed by atoms with van der Waals surface area (Å²) >= 11 is 0. The van der Waals surface area contributed by atoms with Gasteiger partial charge in [0.2, 0.25) is 0 Å². The number of carbonyl (C=O) groups excluding carboxylic acids is 1. The van der Waals surface area contributed by atoms with Crippen LogP contribution in [0.2, 0.25) is 0 Å². The topological polar surface area (TPSA) is 66.9 Å². The van der Waals surface area contributed by atoms with Crippen LogP contribution in [-0.4, -0.2) is 22.4 Å². The van der Waals surface area contributed by atoms with E-state index in [0.29, 0.717) is 11.4 Å². The van der Waals surface area contributed by atoms with Crippen molar-refractivity contribution in [1.82, 2.24) is 9.97 Å². The lowest BCUT2D eigenvalue weighted by Gasteiger charge is -2.12. The quantitative estimate of drug-likeness (QED) is 0.885. The van der Waals surface area contributed by atoms with E-state index < -0.39 is 0 Å². The predicted molar refractivity (Wildman–Crippen MR) is 84.7 cm³/mol. The Labute approximate surface area is 124 Å². The normalized spacial score (nSPS) is 10.2. The van der Waals surface area contributed by atoms with E-state index in [2.05, 4.69) is 27.5 Å². The van der Waals surface area contributed by atoms with Crippen molar-refractivity contribution >= 4 is 17.4 Å². The third kappa shape index (κ3) is 3.78. The molecule has 0 unspecified atom stereocenters. The molecule has 2 aromatic rings. The molecule has 5 nitrogen and oxygen atoms in total. The Hall–Kier alpha value is -2.43. The van der Waals surface area contributed by atoms with Crippen LogP contribution < -0.4 is 10.6 Å². The molecule has 0 aromatic carbocycles. The Morgan fingerprint density at radius 2 is 2.10 bits per heavy atom. The fraction of sp³-hybridized carbons (Fsp3) is 0.312. The maximum Gasteiger partial charge on any atom is 0.260 e. The molecule has 0 bridgehead atoms. The number of nitrogens with one attached hydrogen (secondary N) is 2. The van der Waals surface area contributed by atoms with Gasteiger partial charge in [-0.3, -0.25) is 9.78 Å². The van der Waals surface area contributed by atoms with Crippen molar-refractivity contribution in [2.45, 2.75) is 27.2 Å². The summed E-state index contributed by atoms with van der Waals surface area (Å²) in [5.41, 5.74) is 3.13. The van der Waals surface area contributed by atoms with Gasteiger partial charge in [0.15, 0.2) is 0 Å². The molecule has 2 N–H and O–H groups in total. The van der Waals surface area contributed by atoms with Gasteiger partial charge in [0.1, 0.15) is 5.82 Å². The number of rotatable bonds is 5. The van der Waals surface area contributed by atoms with E-state index in [9.17, 15) is 4.79 Å². The Morgan fingerprint density at radius 3 is 2.81 bits per heavy atom. The molecule has 1 amide bonds. The number of pyridine rings is 2. The highest BCUT2D eigenvalue weighted by molar-refractivity contribution is 6.07. The Bertz CT molecular complexity index is 640. The third-order valence-corrected chi connectivity index (χ3v) is 3.09. The van der Waals surface area contributed by atoms with Crippen molar-refractivity contribution in [1.29, 1.82) is 0 Å². The van der Waals surface area contributed by atoms with Crippen LogP contribution in [-0.2, 0) is 0 Å². The zero-order chi connectivity index (χ0) is 15.2. The fourth-order valence-corrected chi connectivity index (χ4v) is 1.94. The summed E-state index contributed by atoms with van der Waals surface area (Å²) in [6.07, 6.45) is 4.25. The zero-order valence-corrected chi connectivity index (χ0v) is 12.6. The van der Waals surface area contributed by atoms with Gasteiger partial charge in [0.05, 0.1) is 11.3 Å². The minimum absolute atomic E-state index is 0.206. The summed E-state index contributed by atoms with van der Waals surface area (Å²) in [6, 6.07) is 5.63. The van der Waals surface area contributed by atoms with E-state index in [4.69, 9.17) is 0 Å². The van der Waals surface area contributed by atoms with Crippen LogP contribution >= 0.6 is 0 Å². The molecule has 0 saturated carbocycles. The lowest BCUT2D eigenvalue weighted by atomic mass is 10.2. The first-order valence-corrected chi connectivity index (χ1v) is 7.05. The van der Waals surface area contributed by atoms with Gasteiger partial charge in [-0.15, -0.1) is 0 Å². The first-order valence-electron chi connectivity index (χ1n) is 7.05. The first kappa shape index (κ1) is 15.0. The van der Waals surface area contributed by atoms with Gasteiger partial charge in [-0.2, -0.15) is 0 Å². The molecule has 2 heterocycles. The van der Waals surface area contributed by atoms with Gasteiger partial charge in [-0.1, -0.05) is 13.0 Å². The first-order chi connectivity index (χ1) is 10.1. The minimum Gasteiger partial charge on any atom is -0.384 e. The van der Waals surface area contributed by atoms with Crippen molar-refractivity contribution in [2.24, 2.45) is 0 Å². The van der Waals surface area contributed by atoms with Crippen molar-refractivity contribution in [3.05, 3.63) is 47.4 Å².